The first-order chi connectivity index (χ1) is 12.6. The number of ether oxygens (including phenoxy) is 3. The van der Waals surface area contributed by atoms with Crippen LogP contribution in [0.1, 0.15) is 23.2 Å². The summed E-state index contributed by atoms with van der Waals surface area (Å²) in [6.07, 6.45) is 2.69. The third-order valence-corrected chi connectivity index (χ3v) is 4.37. The first-order valence-electron chi connectivity index (χ1n) is 8.22. The van der Waals surface area contributed by atoms with Crippen molar-refractivity contribution in [3.8, 4) is 11.5 Å². The number of hydrogen-bond donors (Lipinski definition) is 0. The number of methoxy groups -OCH3 is 1. The molecular formula is C20H22O5S. The fraction of sp³-hybridized carbons (Fsp3) is 0.300. The fourth-order valence-electron chi connectivity index (χ4n) is 2.16. The predicted molar refractivity (Wildman–Crippen MR) is 101 cm³/mol. The Morgan fingerprint density at radius 1 is 0.962 bits per heavy atom. The number of rotatable bonds is 10. The Morgan fingerprint density at radius 2 is 1.62 bits per heavy atom. The minimum atomic E-state index is -0.405. The van der Waals surface area contributed by atoms with Crippen LogP contribution in [0.15, 0.2) is 53.4 Å². The Hall–Kier alpha value is -2.47. The van der Waals surface area contributed by atoms with Crippen molar-refractivity contribution in [2.45, 2.75) is 17.7 Å². The molecule has 0 N–H and O–H groups in total. The third kappa shape index (κ3) is 6.44. The van der Waals surface area contributed by atoms with Crippen LogP contribution in [0.2, 0.25) is 0 Å². The van der Waals surface area contributed by atoms with E-state index >= 15 is 0 Å². The van der Waals surface area contributed by atoms with Gasteiger partial charge >= 0.3 is 5.97 Å². The molecule has 0 aliphatic carbocycles. The van der Waals surface area contributed by atoms with Gasteiger partial charge in [-0.2, -0.15) is 0 Å². The van der Waals surface area contributed by atoms with Crippen LogP contribution in [-0.4, -0.2) is 38.3 Å². The van der Waals surface area contributed by atoms with Crippen molar-refractivity contribution in [2.24, 2.45) is 0 Å². The van der Waals surface area contributed by atoms with Gasteiger partial charge < -0.3 is 14.2 Å². The van der Waals surface area contributed by atoms with Gasteiger partial charge in [0.1, 0.15) is 11.5 Å². The maximum atomic E-state index is 12.0. The van der Waals surface area contributed by atoms with E-state index in [4.69, 9.17) is 14.2 Å². The molecule has 0 bridgehead atoms. The van der Waals surface area contributed by atoms with Crippen LogP contribution in [0.4, 0.5) is 0 Å². The van der Waals surface area contributed by atoms with Gasteiger partial charge in [-0.3, -0.25) is 9.59 Å². The summed E-state index contributed by atoms with van der Waals surface area (Å²) in [5.74, 6) is 0.856. The summed E-state index contributed by atoms with van der Waals surface area (Å²) in [5.41, 5.74) is 0.540. The molecule has 6 heteroatoms. The lowest BCUT2D eigenvalue weighted by Gasteiger charge is -2.07. The van der Waals surface area contributed by atoms with E-state index in [1.165, 1.54) is 0 Å². The molecule has 0 fully saturated rings. The van der Waals surface area contributed by atoms with E-state index in [0.717, 1.165) is 10.6 Å². The lowest BCUT2D eigenvalue weighted by Crippen LogP contribution is -2.14. The van der Waals surface area contributed by atoms with Gasteiger partial charge in [0.05, 0.1) is 13.7 Å². The highest BCUT2D eigenvalue weighted by molar-refractivity contribution is 7.98. The van der Waals surface area contributed by atoms with Crippen LogP contribution < -0.4 is 9.47 Å². The summed E-state index contributed by atoms with van der Waals surface area (Å²) < 4.78 is 15.6. The summed E-state index contributed by atoms with van der Waals surface area (Å²) in [5, 5.41) is 0. The van der Waals surface area contributed by atoms with Crippen LogP contribution in [0.5, 0.6) is 11.5 Å². The van der Waals surface area contributed by atoms with Gasteiger partial charge in [0, 0.05) is 16.9 Å². The number of esters is 1. The van der Waals surface area contributed by atoms with Gasteiger partial charge in [0.2, 0.25) is 0 Å². The lowest BCUT2D eigenvalue weighted by molar-refractivity contribution is -0.142. The second-order valence-electron chi connectivity index (χ2n) is 5.44. The molecule has 0 saturated heterocycles. The summed E-state index contributed by atoms with van der Waals surface area (Å²) in [6, 6.07) is 14.4. The van der Waals surface area contributed by atoms with Gasteiger partial charge in [0.25, 0.3) is 0 Å². The summed E-state index contributed by atoms with van der Waals surface area (Å²) in [4.78, 5) is 24.8. The van der Waals surface area contributed by atoms with Gasteiger partial charge in [-0.1, -0.05) is 12.1 Å². The molecule has 2 rings (SSSR count). The molecule has 0 radical (unpaired) electrons. The number of Topliss-reactive ketones (excluding diaryl/α,β-unsaturated/α-hetero) is 1. The van der Waals surface area contributed by atoms with Crippen LogP contribution in [0, 0.1) is 0 Å². The maximum absolute atomic E-state index is 12.0. The van der Waals surface area contributed by atoms with E-state index in [1.807, 2.05) is 18.4 Å². The Kier molecular flexibility index (Phi) is 8.02. The van der Waals surface area contributed by atoms with Crippen LogP contribution in [0.25, 0.3) is 0 Å². The molecule has 0 amide bonds. The first-order valence-corrected chi connectivity index (χ1v) is 9.44. The van der Waals surface area contributed by atoms with Crippen molar-refractivity contribution in [1.29, 1.82) is 0 Å². The SMILES string of the molecule is COc1ccc(OCCCC(=O)OCC(=O)c2ccc(SC)cc2)cc1. The molecule has 138 valence electrons. The first kappa shape index (κ1) is 19.8. The molecule has 0 heterocycles. The van der Waals surface area contributed by atoms with Crippen molar-refractivity contribution in [3.05, 3.63) is 54.1 Å². The number of hydrogen-bond acceptors (Lipinski definition) is 6. The fourth-order valence-corrected chi connectivity index (χ4v) is 2.57. The predicted octanol–water partition coefficient (Wildman–Crippen LogP) is 4.00. The van der Waals surface area contributed by atoms with E-state index in [0.29, 0.717) is 24.3 Å². The highest BCUT2D eigenvalue weighted by Crippen LogP contribution is 2.17. The Balaban J connectivity index is 1.64. The third-order valence-electron chi connectivity index (χ3n) is 3.63. The minimum Gasteiger partial charge on any atom is -0.497 e. The van der Waals surface area contributed by atoms with Crippen LogP contribution in [-0.2, 0) is 9.53 Å². The highest BCUT2D eigenvalue weighted by Gasteiger charge is 2.10. The second-order valence-corrected chi connectivity index (χ2v) is 6.32. The minimum absolute atomic E-state index is 0.203. The van der Waals surface area contributed by atoms with Crippen LogP contribution in [0.3, 0.4) is 0 Å². The van der Waals surface area contributed by atoms with Crippen molar-refractivity contribution >= 4 is 23.5 Å². The average molecular weight is 374 g/mol. The van der Waals surface area contributed by atoms with Gasteiger partial charge in [-0.15, -0.1) is 11.8 Å². The van der Waals surface area contributed by atoms with Gasteiger partial charge in [-0.25, -0.2) is 0 Å². The monoisotopic (exact) mass is 374 g/mol. The number of carbonyl (C=O) groups is 2. The summed E-state index contributed by atoms with van der Waals surface area (Å²) in [7, 11) is 1.60. The maximum Gasteiger partial charge on any atom is 0.306 e. The molecule has 2 aromatic rings. The smallest absolute Gasteiger partial charge is 0.306 e. The molecule has 0 unspecified atom stereocenters. The van der Waals surface area contributed by atoms with Crippen molar-refractivity contribution in [1.82, 2.24) is 0 Å². The Morgan fingerprint density at radius 3 is 2.23 bits per heavy atom. The Labute approximate surface area is 157 Å². The molecule has 0 aliphatic rings. The molecule has 0 aliphatic heterocycles. The summed E-state index contributed by atoms with van der Waals surface area (Å²) in [6.45, 7) is 0.155. The molecule has 5 nitrogen and oxygen atoms in total. The standard InChI is InChI=1S/C20H22O5S/c1-23-16-7-9-17(10-8-16)24-13-3-4-20(22)25-14-19(21)15-5-11-18(26-2)12-6-15/h5-12H,3-4,13-14H2,1-2H3. The second kappa shape index (κ2) is 10.5. The molecule has 0 atom stereocenters. The largest absolute Gasteiger partial charge is 0.497 e. The molecule has 0 aromatic heterocycles. The van der Waals surface area contributed by atoms with Crippen molar-refractivity contribution in [2.75, 3.05) is 26.6 Å². The van der Waals surface area contributed by atoms with E-state index < -0.39 is 5.97 Å². The number of thioether (sulfide) groups is 1. The number of ketones is 1. The van der Waals surface area contributed by atoms with E-state index in [2.05, 4.69) is 0 Å². The molecular weight excluding hydrogens is 352 g/mol. The number of carbonyl (C=O) groups excluding carboxylic acids is 2. The quantitative estimate of drug-likeness (QED) is 0.271. The topological polar surface area (TPSA) is 61.8 Å². The highest BCUT2D eigenvalue weighted by atomic mass is 32.2. The van der Waals surface area contributed by atoms with E-state index in [-0.39, 0.29) is 18.8 Å². The number of benzene rings is 2. The van der Waals surface area contributed by atoms with Gasteiger partial charge in [-0.05, 0) is 49.1 Å². The van der Waals surface area contributed by atoms with Crippen molar-refractivity contribution < 1.29 is 23.8 Å². The van der Waals surface area contributed by atoms with Crippen molar-refractivity contribution in [3.63, 3.8) is 0 Å². The van der Waals surface area contributed by atoms with E-state index in [9.17, 15) is 9.59 Å². The average Bonchev–Trinajstić information content (AvgIpc) is 2.70. The lowest BCUT2D eigenvalue weighted by atomic mass is 10.1. The zero-order chi connectivity index (χ0) is 18.8. The molecule has 2 aromatic carbocycles. The zero-order valence-electron chi connectivity index (χ0n) is 14.9. The van der Waals surface area contributed by atoms with E-state index in [1.54, 1.807) is 55.3 Å². The van der Waals surface area contributed by atoms with Gasteiger partial charge in [0.15, 0.2) is 12.4 Å². The normalized spacial score (nSPS) is 10.2. The Bertz CT molecular complexity index is 710. The molecule has 0 spiro atoms. The molecule has 26 heavy (non-hydrogen) atoms. The summed E-state index contributed by atoms with van der Waals surface area (Å²) >= 11 is 1.60. The molecule has 0 saturated carbocycles. The zero-order valence-corrected chi connectivity index (χ0v) is 15.7. The van der Waals surface area contributed by atoms with Crippen LogP contribution >= 0.6 is 11.8 Å².